The predicted molar refractivity (Wildman–Crippen MR) is 133 cm³/mol. The number of hydrogen-bond acceptors (Lipinski definition) is 4. The molecule has 6 nitrogen and oxygen atoms in total. The first-order valence-electron chi connectivity index (χ1n) is 12.1. The molecule has 2 aliphatic rings. The summed E-state index contributed by atoms with van der Waals surface area (Å²) in [5.74, 6) is 1.64. The number of carbonyl (C=O) groups excluding carboxylic acids is 2. The Morgan fingerprint density at radius 1 is 1.14 bits per heavy atom. The summed E-state index contributed by atoms with van der Waals surface area (Å²) in [5, 5.41) is 2.70. The molecule has 2 amide bonds. The Hall–Kier alpha value is -3.80. The molecule has 0 saturated heterocycles. The summed E-state index contributed by atoms with van der Waals surface area (Å²) in [7, 11) is 0. The summed E-state index contributed by atoms with van der Waals surface area (Å²) in [5.41, 5.74) is 4.65. The molecular weight excluding hydrogens is 440 g/mol. The number of nitrogens with one attached hydrogen (secondary N) is 1. The van der Waals surface area contributed by atoms with E-state index < -0.39 is 0 Å². The lowest BCUT2D eigenvalue weighted by Crippen LogP contribution is -2.41. The number of ether oxygens (including phenoxy) is 1. The van der Waals surface area contributed by atoms with Crippen molar-refractivity contribution in [3.63, 3.8) is 0 Å². The second-order valence-electron chi connectivity index (χ2n) is 9.28. The molecule has 6 heteroatoms. The van der Waals surface area contributed by atoms with E-state index in [0.717, 1.165) is 36.9 Å². The van der Waals surface area contributed by atoms with Crippen LogP contribution in [0.25, 0.3) is 0 Å². The summed E-state index contributed by atoms with van der Waals surface area (Å²) in [6, 6.07) is 17.8. The molecule has 1 atom stereocenters. The van der Waals surface area contributed by atoms with E-state index in [2.05, 4.69) is 54.1 Å². The van der Waals surface area contributed by atoms with Gasteiger partial charge in [-0.3, -0.25) is 9.59 Å². The van der Waals surface area contributed by atoms with Gasteiger partial charge in [0.15, 0.2) is 5.76 Å². The first kappa shape index (κ1) is 23.0. The average molecular weight is 471 g/mol. The van der Waals surface area contributed by atoms with Gasteiger partial charge in [0, 0.05) is 19.0 Å². The molecule has 1 aliphatic heterocycles. The molecule has 2 aromatic carbocycles. The van der Waals surface area contributed by atoms with Crippen LogP contribution in [0.3, 0.4) is 0 Å². The molecule has 180 valence electrons. The van der Waals surface area contributed by atoms with Gasteiger partial charge in [-0.05, 0) is 67.1 Å². The van der Waals surface area contributed by atoms with Crippen molar-refractivity contribution in [2.75, 3.05) is 13.1 Å². The highest BCUT2D eigenvalue weighted by Crippen LogP contribution is 2.41. The molecule has 0 unspecified atom stereocenters. The highest BCUT2D eigenvalue weighted by molar-refractivity contribution is 5.91. The van der Waals surface area contributed by atoms with Gasteiger partial charge in [0.2, 0.25) is 5.91 Å². The summed E-state index contributed by atoms with van der Waals surface area (Å²) < 4.78 is 11.7. The maximum atomic E-state index is 13.2. The fourth-order valence-electron chi connectivity index (χ4n) is 4.58. The monoisotopic (exact) mass is 470 g/mol. The van der Waals surface area contributed by atoms with E-state index in [1.165, 1.54) is 11.1 Å². The van der Waals surface area contributed by atoms with Crippen LogP contribution in [0.5, 0.6) is 5.75 Å². The van der Waals surface area contributed by atoms with Crippen molar-refractivity contribution in [3.8, 4) is 5.75 Å². The average Bonchev–Trinajstić information content (AvgIpc) is 3.62. The summed E-state index contributed by atoms with van der Waals surface area (Å²) in [6.45, 7) is 6.97. The van der Waals surface area contributed by atoms with Crippen LogP contribution >= 0.6 is 0 Å². The van der Waals surface area contributed by atoms with Crippen molar-refractivity contribution >= 4 is 11.8 Å². The van der Waals surface area contributed by atoms with Gasteiger partial charge in [-0.1, -0.05) is 42.0 Å². The Morgan fingerprint density at radius 3 is 2.69 bits per heavy atom. The topological polar surface area (TPSA) is 71.8 Å². The van der Waals surface area contributed by atoms with E-state index in [9.17, 15) is 9.59 Å². The maximum absolute atomic E-state index is 13.2. The molecule has 35 heavy (non-hydrogen) atoms. The van der Waals surface area contributed by atoms with Crippen LogP contribution in [0.4, 0.5) is 0 Å². The van der Waals surface area contributed by atoms with Crippen LogP contribution < -0.4 is 10.1 Å². The third-order valence-electron chi connectivity index (χ3n) is 6.62. The molecule has 0 spiro atoms. The van der Waals surface area contributed by atoms with Gasteiger partial charge in [-0.15, -0.1) is 6.58 Å². The Kier molecular flexibility index (Phi) is 6.45. The van der Waals surface area contributed by atoms with Gasteiger partial charge in [-0.2, -0.15) is 0 Å². The third kappa shape index (κ3) is 5.02. The van der Waals surface area contributed by atoms with E-state index in [1.807, 2.05) is 12.1 Å². The normalized spacial score (nSPS) is 16.9. The molecule has 1 aliphatic carbocycles. The molecule has 2 heterocycles. The lowest BCUT2D eigenvalue weighted by molar-refractivity contribution is -0.134. The van der Waals surface area contributed by atoms with Gasteiger partial charge >= 0.3 is 0 Å². The lowest BCUT2D eigenvalue weighted by atomic mass is 9.87. The summed E-state index contributed by atoms with van der Waals surface area (Å²) >= 11 is 0. The van der Waals surface area contributed by atoms with Gasteiger partial charge in [0.1, 0.15) is 18.1 Å². The molecule has 1 aromatic heterocycles. The standard InChI is InChI=1S/C29H30N2O4/c1-3-15-30-28(32)26-13-12-24(35-26)18-34-23-11-10-20-14-16-31(29(33)22-8-9-22)27(25(20)17-23)21-6-4-19(2)5-7-21/h3-7,10-13,17,22,27H,1,8-9,14-16,18H2,2H3,(H,30,32)/t27-/m0/s1. The second kappa shape index (κ2) is 9.82. The van der Waals surface area contributed by atoms with Gasteiger partial charge in [0.25, 0.3) is 5.91 Å². The lowest BCUT2D eigenvalue weighted by Gasteiger charge is -2.38. The van der Waals surface area contributed by atoms with E-state index in [1.54, 1.807) is 18.2 Å². The number of carbonyl (C=O) groups is 2. The van der Waals surface area contributed by atoms with Crippen LogP contribution in [0, 0.1) is 12.8 Å². The number of rotatable bonds is 8. The molecular formula is C29H30N2O4. The highest BCUT2D eigenvalue weighted by Gasteiger charge is 2.39. The van der Waals surface area contributed by atoms with Gasteiger partial charge in [0.05, 0.1) is 6.04 Å². The van der Waals surface area contributed by atoms with Crippen LogP contribution in [-0.2, 0) is 17.8 Å². The van der Waals surface area contributed by atoms with Crippen LogP contribution in [0.2, 0.25) is 0 Å². The number of fused-ring (bicyclic) bond motifs is 1. The molecule has 0 radical (unpaired) electrons. The van der Waals surface area contributed by atoms with E-state index in [-0.39, 0.29) is 36.1 Å². The van der Waals surface area contributed by atoms with Crippen molar-refractivity contribution in [1.82, 2.24) is 10.2 Å². The zero-order chi connectivity index (χ0) is 24.4. The SMILES string of the molecule is C=CCNC(=O)c1ccc(COc2ccc3c(c2)[C@H](c2ccc(C)cc2)N(C(=O)C2CC2)CC3)o1. The van der Waals surface area contributed by atoms with Crippen molar-refractivity contribution in [1.29, 1.82) is 0 Å². The quantitative estimate of drug-likeness (QED) is 0.472. The number of hydrogen-bond donors (Lipinski definition) is 1. The van der Waals surface area contributed by atoms with Crippen LogP contribution in [0.15, 0.2) is 71.7 Å². The molecule has 3 aromatic rings. The first-order valence-corrected chi connectivity index (χ1v) is 12.1. The molecule has 1 N–H and O–H groups in total. The van der Waals surface area contributed by atoms with Crippen molar-refractivity contribution in [2.24, 2.45) is 5.92 Å². The number of amides is 2. The second-order valence-corrected chi connectivity index (χ2v) is 9.28. The number of aryl methyl sites for hydroxylation is 1. The van der Waals surface area contributed by atoms with Crippen molar-refractivity contribution < 1.29 is 18.7 Å². The highest BCUT2D eigenvalue weighted by atomic mass is 16.5. The van der Waals surface area contributed by atoms with Crippen molar-refractivity contribution in [2.45, 2.75) is 38.8 Å². The zero-order valence-electron chi connectivity index (χ0n) is 20.0. The first-order chi connectivity index (χ1) is 17.0. The van der Waals surface area contributed by atoms with Crippen LogP contribution in [0.1, 0.15) is 57.5 Å². The Morgan fingerprint density at radius 2 is 1.94 bits per heavy atom. The van der Waals surface area contributed by atoms with E-state index in [0.29, 0.717) is 18.1 Å². The Balaban J connectivity index is 1.37. The number of furan rings is 1. The van der Waals surface area contributed by atoms with Crippen molar-refractivity contribution in [3.05, 3.63) is 101 Å². The summed E-state index contributed by atoms with van der Waals surface area (Å²) in [6.07, 6.45) is 4.42. The van der Waals surface area contributed by atoms with Crippen LogP contribution in [-0.4, -0.2) is 29.8 Å². The van der Waals surface area contributed by atoms with E-state index >= 15 is 0 Å². The Bertz CT molecular complexity index is 1240. The minimum absolute atomic E-state index is 0.125. The minimum Gasteiger partial charge on any atom is -0.486 e. The number of nitrogens with zero attached hydrogens (tertiary/aromatic N) is 1. The fourth-order valence-corrected chi connectivity index (χ4v) is 4.58. The molecule has 1 saturated carbocycles. The molecule has 1 fully saturated rings. The molecule has 5 rings (SSSR count). The third-order valence-corrected chi connectivity index (χ3v) is 6.62. The van der Waals surface area contributed by atoms with E-state index in [4.69, 9.17) is 9.15 Å². The predicted octanol–water partition coefficient (Wildman–Crippen LogP) is 4.97. The smallest absolute Gasteiger partial charge is 0.287 e. The van der Waals surface area contributed by atoms with Gasteiger partial charge < -0.3 is 19.4 Å². The Labute approximate surface area is 205 Å². The minimum atomic E-state index is -0.286. The largest absolute Gasteiger partial charge is 0.486 e. The maximum Gasteiger partial charge on any atom is 0.287 e. The molecule has 0 bridgehead atoms. The summed E-state index contributed by atoms with van der Waals surface area (Å²) in [4.78, 5) is 27.3. The number of benzene rings is 2. The van der Waals surface area contributed by atoms with Gasteiger partial charge in [-0.25, -0.2) is 0 Å². The zero-order valence-corrected chi connectivity index (χ0v) is 20.0. The fraction of sp³-hybridized carbons (Fsp3) is 0.310.